The summed E-state index contributed by atoms with van der Waals surface area (Å²) in [4.78, 5) is 9.44. The maximum absolute atomic E-state index is 5.84. The third-order valence-electron chi connectivity index (χ3n) is 6.90. The molecule has 4 aromatic rings. The van der Waals surface area contributed by atoms with Gasteiger partial charge in [0.25, 0.3) is 0 Å². The van der Waals surface area contributed by atoms with Crippen LogP contribution in [-0.4, -0.2) is 36.1 Å². The molecule has 2 heterocycles. The minimum absolute atomic E-state index is 0.171. The molecule has 0 saturated carbocycles. The Bertz CT molecular complexity index is 1430. The van der Waals surface area contributed by atoms with E-state index in [0.29, 0.717) is 13.2 Å². The van der Waals surface area contributed by atoms with E-state index in [0.717, 1.165) is 45.2 Å². The van der Waals surface area contributed by atoms with Crippen molar-refractivity contribution in [2.45, 2.75) is 38.8 Å². The summed E-state index contributed by atoms with van der Waals surface area (Å²) in [5.41, 5.74) is 8.68. The van der Waals surface area contributed by atoms with Gasteiger partial charge in [0.2, 0.25) is 11.8 Å². The summed E-state index contributed by atoms with van der Waals surface area (Å²) in [6, 6.07) is 34.3. The van der Waals surface area contributed by atoms with Gasteiger partial charge in [-0.3, -0.25) is 0 Å². The fourth-order valence-corrected chi connectivity index (χ4v) is 4.83. The Hall–Kier alpha value is -4.18. The highest BCUT2D eigenvalue weighted by molar-refractivity contribution is 5.97. The summed E-state index contributed by atoms with van der Waals surface area (Å²) >= 11 is 0. The zero-order valence-electron chi connectivity index (χ0n) is 22.4. The maximum atomic E-state index is 5.84. The van der Waals surface area contributed by atoms with E-state index in [4.69, 9.17) is 19.5 Å². The molecule has 2 aliphatic rings. The molecular formula is C34H32N2O2. The number of rotatable bonds is 5. The van der Waals surface area contributed by atoms with Gasteiger partial charge < -0.3 is 9.47 Å². The molecule has 4 heteroatoms. The van der Waals surface area contributed by atoms with Crippen molar-refractivity contribution in [2.75, 3.05) is 13.2 Å². The van der Waals surface area contributed by atoms with Crippen LogP contribution in [0.1, 0.15) is 38.8 Å². The second-order valence-corrected chi connectivity index (χ2v) is 11.4. The summed E-state index contributed by atoms with van der Waals surface area (Å²) in [6.07, 6.45) is 0. The molecule has 4 aromatic carbocycles. The van der Waals surface area contributed by atoms with Crippen LogP contribution in [0.25, 0.3) is 33.4 Å². The Kier molecular flexibility index (Phi) is 5.91. The Morgan fingerprint density at radius 1 is 0.447 bits per heavy atom. The van der Waals surface area contributed by atoms with Gasteiger partial charge in [0, 0.05) is 11.1 Å². The number of hydrogen-bond donors (Lipinski definition) is 0. The Morgan fingerprint density at radius 2 is 0.789 bits per heavy atom. The average molecular weight is 501 g/mol. The first-order valence-electron chi connectivity index (χ1n) is 13.1. The van der Waals surface area contributed by atoms with Crippen molar-refractivity contribution in [1.29, 1.82) is 0 Å². The average Bonchev–Trinajstić information content (AvgIpc) is 3.49. The summed E-state index contributed by atoms with van der Waals surface area (Å²) in [6.45, 7) is 9.59. The zero-order chi connectivity index (χ0) is 26.3. The highest BCUT2D eigenvalue weighted by Gasteiger charge is 2.28. The first kappa shape index (κ1) is 24.2. The lowest BCUT2D eigenvalue weighted by Gasteiger charge is -2.12. The number of ether oxygens (including phenoxy) is 2. The smallest absolute Gasteiger partial charge is 0.216 e. The van der Waals surface area contributed by atoms with Gasteiger partial charge >= 0.3 is 0 Å². The third kappa shape index (κ3) is 4.99. The van der Waals surface area contributed by atoms with Crippen LogP contribution in [0.5, 0.6) is 0 Å². The number of aliphatic imine (C=N–C) groups is 2. The summed E-state index contributed by atoms with van der Waals surface area (Å²) in [7, 11) is 0. The van der Waals surface area contributed by atoms with Crippen LogP contribution in [0.2, 0.25) is 0 Å². The maximum Gasteiger partial charge on any atom is 0.216 e. The summed E-state index contributed by atoms with van der Waals surface area (Å²) < 4.78 is 11.7. The normalized spacial score (nSPS) is 17.4. The van der Waals surface area contributed by atoms with Gasteiger partial charge in [-0.15, -0.1) is 0 Å². The van der Waals surface area contributed by atoms with E-state index in [9.17, 15) is 0 Å². The fourth-order valence-electron chi connectivity index (χ4n) is 4.83. The lowest BCUT2D eigenvalue weighted by atomic mass is 9.93. The van der Waals surface area contributed by atoms with Crippen LogP contribution in [0.15, 0.2) is 107 Å². The molecule has 4 nitrogen and oxygen atoms in total. The van der Waals surface area contributed by atoms with E-state index >= 15 is 0 Å². The van der Waals surface area contributed by atoms with Gasteiger partial charge in [-0.2, -0.15) is 0 Å². The molecule has 190 valence electrons. The SMILES string of the molecule is CC1(C)COC(c2ccc(-c3cc(-c4ccccc4)cc(-c4ccc(C5=NC(C)(C)CO5)cc4)c3)cc2)=N1. The summed E-state index contributed by atoms with van der Waals surface area (Å²) in [5, 5.41) is 0. The van der Waals surface area contributed by atoms with Gasteiger partial charge in [0.15, 0.2) is 0 Å². The van der Waals surface area contributed by atoms with Crippen LogP contribution in [0.4, 0.5) is 0 Å². The molecule has 2 aliphatic heterocycles. The molecule has 0 spiro atoms. The molecule has 6 rings (SSSR count). The first-order chi connectivity index (χ1) is 18.2. The molecule has 0 bridgehead atoms. The molecule has 0 unspecified atom stereocenters. The topological polar surface area (TPSA) is 43.2 Å². The predicted molar refractivity (Wildman–Crippen MR) is 156 cm³/mol. The van der Waals surface area contributed by atoms with Gasteiger partial charge in [-0.05, 0) is 104 Å². The lowest BCUT2D eigenvalue weighted by Crippen LogP contribution is -2.17. The Labute approximate surface area is 224 Å². The van der Waals surface area contributed by atoms with E-state index in [1.54, 1.807) is 0 Å². The van der Waals surface area contributed by atoms with Crippen molar-refractivity contribution in [3.05, 3.63) is 108 Å². The number of nitrogens with zero attached hydrogens (tertiary/aromatic N) is 2. The van der Waals surface area contributed by atoms with Gasteiger partial charge in [0.1, 0.15) is 13.2 Å². The van der Waals surface area contributed by atoms with E-state index in [2.05, 4.69) is 125 Å². The molecule has 38 heavy (non-hydrogen) atoms. The quantitative estimate of drug-likeness (QED) is 0.281. The zero-order valence-corrected chi connectivity index (χ0v) is 22.4. The molecule has 0 N–H and O–H groups in total. The number of benzene rings is 4. The van der Waals surface area contributed by atoms with Crippen LogP contribution in [0, 0.1) is 0 Å². The molecule has 0 radical (unpaired) electrons. The van der Waals surface area contributed by atoms with Gasteiger partial charge in [0.05, 0.1) is 11.1 Å². The monoisotopic (exact) mass is 500 g/mol. The first-order valence-corrected chi connectivity index (χ1v) is 13.1. The van der Waals surface area contributed by atoms with Crippen molar-refractivity contribution in [2.24, 2.45) is 9.98 Å². The second kappa shape index (κ2) is 9.29. The van der Waals surface area contributed by atoms with Gasteiger partial charge in [-0.25, -0.2) is 9.98 Å². The van der Waals surface area contributed by atoms with Crippen LogP contribution in [0.3, 0.4) is 0 Å². The highest BCUT2D eigenvalue weighted by atomic mass is 16.5. The Morgan fingerprint density at radius 3 is 1.13 bits per heavy atom. The van der Waals surface area contributed by atoms with Crippen molar-refractivity contribution in [3.63, 3.8) is 0 Å². The molecule has 0 atom stereocenters. The van der Waals surface area contributed by atoms with E-state index in [-0.39, 0.29) is 11.1 Å². The van der Waals surface area contributed by atoms with Crippen LogP contribution < -0.4 is 0 Å². The minimum Gasteiger partial charge on any atom is -0.475 e. The van der Waals surface area contributed by atoms with Crippen molar-refractivity contribution >= 4 is 11.8 Å². The molecule has 0 aliphatic carbocycles. The van der Waals surface area contributed by atoms with Crippen molar-refractivity contribution < 1.29 is 9.47 Å². The highest BCUT2D eigenvalue weighted by Crippen LogP contribution is 2.34. The van der Waals surface area contributed by atoms with E-state index in [1.807, 2.05) is 0 Å². The minimum atomic E-state index is -0.171. The van der Waals surface area contributed by atoms with Crippen molar-refractivity contribution in [1.82, 2.24) is 0 Å². The molecule has 0 amide bonds. The molecule has 0 fully saturated rings. The molecule has 0 aromatic heterocycles. The third-order valence-corrected chi connectivity index (χ3v) is 6.90. The fraction of sp³-hybridized carbons (Fsp3) is 0.235. The standard InChI is InChI=1S/C34H32N2O2/c1-33(2)21-37-31(35-33)26-14-10-24(11-15-26)29-18-28(23-8-6-5-7-9-23)19-30(20-29)25-12-16-27(17-13-25)32-36-34(3,4)22-38-32/h5-20H,21-22H2,1-4H3. The molecule has 0 saturated heterocycles. The van der Waals surface area contributed by atoms with Gasteiger partial charge in [-0.1, -0.05) is 54.6 Å². The largest absolute Gasteiger partial charge is 0.475 e. The van der Waals surface area contributed by atoms with Crippen LogP contribution >= 0.6 is 0 Å². The second-order valence-electron chi connectivity index (χ2n) is 11.4. The number of hydrogen-bond acceptors (Lipinski definition) is 4. The van der Waals surface area contributed by atoms with Crippen molar-refractivity contribution in [3.8, 4) is 33.4 Å². The summed E-state index contributed by atoms with van der Waals surface area (Å²) in [5.74, 6) is 1.44. The Balaban J connectivity index is 1.37. The van der Waals surface area contributed by atoms with E-state index in [1.165, 1.54) is 11.1 Å². The predicted octanol–water partition coefficient (Wildman–Crippen LogP) is 7.80. The lowest BCUT2D eigenvalue weighted by molar-refractivity contribution is 0.279. The van der Waals surface area contributed by atoms with E-state index < -0.39 is 0 Å². The molecular weight excluding hydrogens is 468 g/mol. The van der Waals surface area contributed by atoms with Crippen LogP contribution in [-0.2, 0) is 9.47 Å².